The lowest BCUT2D eigenvalue weighted by Crippen LogP contribution is -2.49. The Bertz CT molecular complexity index is 780. The molecule has 1 heterocycles. The molecule has 7 nitrogen and oxygen atoms in total. The molecular formula is C18H19FN4O3. The Hall–Kier alpha value is -3.13. The molecule has 2 aromatic carbocycles. The Morgan fingerprint density at radius 2 is 1.88 bits per heavy atom. The standard InChI is InChI=1S/C18H19FN4O3/c1-26-14-8-4-12(5-9-14)15(10-11-2-6-13(19)7-3-11)20-17(24)16-21-18(25)23-22-16/h2-9,15-16,22H,10H2,1H3,(H,20,24)(H2,21,23,25). The molecule has 0 radical (unpaired) electrons. The van der Waals surface area contributed by atoms with Crippen molar-refractivity contribution in [1.29, 1.82) is 0 Å². The Morgan fingerprint density at radius 3 is 2.46 bits per heavy atom. The van der Waals surface area contributed by atoms with Gasteiger partial charge in [0.15, 0.2) is 6.17 Å². The Kier molecular flexibility index (Phi) is 5.33. The summed E-state index contributed by atoms with van der Waals surface area (Å²) in [6, 6.07) is 12.6. The van der Waals surface area contributed by atoms with Crippen LogP contribution in [0.4, 0.5) is 9.18 Å². The number of ether oxygens (including phenoxy) is 1. The molecule has 1 aliphatic rings. The number of urea groups is 1. The van der Waals surface area contributed by atoms with Crippen molar-refractivity contribution >= 4 is 11.9 Å². The van der Waals surface area contributed by atoms with Gasteiger partial charge >= 0.3 is 6.03 Å². The number of nitrogens with one attached hydrogen (secondary N) is 4. The van der Waals surface area contributed by atoms with Gasteiger partial charge in [0.25, 0.3) is 5.91 Å². The first-order valence-corrected chi connectivity index (χ1v) is 8.06. The zero-order valence-corrected chi connectivity index (χ0v) is 14.1. The molecule has 26 heavy (non-hydrogen) atoms. The predicted octanol–water partition coefficient (Wildman–Crippen LogP) is 1.38. The summed E-state index contributed by atoms with van der Waals surface area (Å²) < 4.78 is 18.3. The minimum atomic E-state index is -0.864. The van der Waals surface area contributed by atoms with Crippen molar-refractivity contribution in [3.63, 3.8) is 0 Å². The van der Waals surface area contributed by atoms with Crippen LogP contribution in [0.2, 0.25) is 0 Å². The number of carbonyl (C=O) groups excluding carboxylic acids is 2. The van der Waals surface area contributed by atoms with Crippen LogP contribution in [0.15, 0.2) is 48.5 Å². The van der Waals surface area contributed by atoms with Crippen molar-refractivity contribution in [1.82, 2.24) is 21.5 Å². The van der Waals surface area contributed by atoms with Crippen molar-refractivity contribution in [2.45, 2.75) is 18.6 Å². The van der Waals surface area contributed by atoms with E-state index in [-0.39, 0.29) is 17.8 Å². The number of hydrazine groups is 1. The zero-order chi connectivity index (χ0) is 18.5. The second-order valence-electron chi connectivity index (χ2n) is 5.84. The van der Waals surface area contributed by atoms with Crippen LogP contribution in [-0.4, -0.2) is 25.2 Å². The summed E-state index contributed by atoms with van der Waals surface area (Å²) in [5.74, 6) is 0.00327. The lowest BCUT2D eigenvalue weighted by molar-refractivity contribution is -0.124. The minimum absolute atomic E-state index is 0.317. The molecule has 0 saturated carbocycles. The fraction of sp³-hybridized carbons (Fsp3) is 0.222. The van der Waals surface area contributed by atoms with E-state index in [1.807, 2.05) is 12.1 Å². The second-order valence-corrected chi connectivity index (χ2v) is 5.84. The van der Waals surface area contributed by atoms with Gasteiger partial charge in [-0.2, -0.15) is 0 Å². The van der Waals surface area contributed by atoms with Crippen LogP contribution in [0.3, 0.4) is 0 Å². The van der Waals surface area contributed by atoms with Gasteiger partial charge in [-0.3, -0.25) is 10.2 Å². The highest BCUT2D eigenvalue weighted by Crippen LogP contribution is 2.22. The summed E-state index contributed by atoms with van der Waals surface area (Å²) in [6.45, 7) is 0. The van der Waals surface area contributed by atoms with E-state index < -0.39 is 12.2 Å². The van der Waals surface area contributed by atoms with Gasteiger partial charge in [0.1, 0.15) is 11.6 Å². The number of rotatable bonds is 6. The van der Waals surface area contributed by atoms with E-state index in [0.29, 0.717) is 12.2 Å². The Balaban J connectivity index is 1.78. The highest BCUT2D eigenvalue weighted by molar-refractivity contribution is 5.89. The number of hydrogen-bond donors (Lipinski definition) is 4. The summed E-state index contributed by atoms with van der Waals surface area (Å²) >= 11 is 0. The van der Waals surface area contributed by atoms with Gasteiger partial charge < -0.3 is 15.4 Å². The van der Waals surface area contributed by atoms with Crippen LogP contribution in [0.1, 0.15) is 17.2 Å². The summed E-state index contributed by atoms with van der Waals surface area (Å²) in [6.07, 6.45) is -0.400. The highest BCUT2D eigenvalue weighted by atomic mass is 19.1. The first-order chi connectivity index (χ1) is 12.5. The van der Waals surface area contributed by atoms with Crippen LogP contribution in [0, 0.1) is 5.82 Å². The number of carbonyl (C=O) groups is 2. The van der Waals surface area contributed by atoms with Crippen LogP contribution in [0.5, 0.6) is 5.75 Å². The van der Waals surface area contributed by atoms with Gasteiger partial charge in [-0.25, -0.2) is 14.6 Å². The third kappa shape index (κ3) is 4.28. The van der Waals surface area contributed by atoms with Gasteiger partial charge in [0, 0.05) is 0 Å². The summed E-state index contributed by atoms with van der Waals surface area (Å²) in [7, 11) is 1.58. The van der Waals surface area contributed by atoms with Gasteiger partial charge in [-0.05, 0) is 41.8 Å². The molecule has 0 spiro atoms. The molecule has 1 saturated heterocycles. The van der Waals surface area contributed by atoms with Gasteiger partial charge in [0.2, 0.25) is 0 Å². The first kappa shape index (κ1) is 17.7. The maximum absolute atomic E-state index is 13.1. The van der Waals surface area contributed by atoms with Gasteiger partial charge in [-0.15, -0.1) is 0 Å². The number of amides is 3. The molecule has 8 heteroatoms. The molecule has 2 atom stereocenters. The summed E-state index contributed by atoms with van der Waals surface area (Å²) in [5, 5.41) is 5.36. The van der Waals surface area contributed by atoms with E-state index >= 15 is 0 Å². The number of methoxy groups -OCH3 is 1. The second kappa shape index (κ2) is 7.83. The largest absolute Gasteiger partial charge is 0.497 e. The average molecular weight is 358 g/mol. The topological polar surface area (TPSA) is 91.5 Å². The smallest absolute Gasteiger partial charge is 0.330 e. The molecule has 1 fully saturated rings. The Morgan fingerprint density at radius 1 is 1.19 bits per heavy atom. The van der Waals surface area contributed by atoms with E-state index in [4.69, 9.17) is 4.74 Å². The van der Waals surface area contributed by atoms with Crippen molar-refractivity contribution in [3.05, 3.63) is 65.5 Å². The third-order valence-electron chi connectivity index (χ3n) is 4.06. The van der Waals surface area contributed by atoms with E-state index in [2.05, 4.69) is 21.5 Å². The molecule has 0 aromatic heterocycles. The monoisotopic (exact) mass is 358 g/mol. The predicted molar refractivity (Wildman–Crippen MR) is 92.6 cm³/mol. The fourth-order valence-corrected chi connectivity index (χ4v) is 2.67. The summed E-state index contributed by atoms with van der Waals surface area (Å²) in [4.78, 5) is 23.6. The lowest BCUT2D eigenvalue weighted by atomic mass is 9.98. The molecule has 2 unspecified atom stereocenters. The Labute approximate surface area is 149 Å². The fourth-order valence-electron chi connectivity index (χ4n) is 2.67. The normalized spacial score (nSPS) is 17.2. The number of halogens is 1. The minimum Gasteiger partial charge on any atom is -0.497 e. The van der Waals surface area contributed by atoms with Crippen LogP contribution >= 0.6 is 0 Å². The van der Waals surface area contributed by atoms with Gasteiger partial charge in [-0.1, -0.05) is 24.3 Å². The van der Waals surface area contributed by atoms with Crippen molar-refractivity contribution < 1.29 is 18.7 Å². The molecule has 2 aromatic rings. The maximum Gasteiger partial charge on any atom is 0.330 e. The average Bonchev–Trinajstić information content (AvgIpc) is 3.09. The lowest BCUT2D eigenvalue weighted by Gasteiger charge is -2.21. The van der Waals surface area contributed by atoms with E-state index in [1.54, 1.807) is 31.4 Å². The molecular weight excluding hydrogens is 339 g/mol. The quantitative estimate of drug-likeness (QED) is 0.628. The van der Waals surface area contributed by atoms with Gasteiger partial charge in [0.05, 0.1) is 13.2 Å². The van der Waals surface area contributed by atoms with Crippen molar-refractivity contribution in [2.75, 3.05) is 7.11 Å². The highest BCUT2D eigenvalue weighted by Gasteiger charge is 2.28. The van der Waals surface area contributed by atoms with E-state index in [9.17, 15) is 14.0 Å². The molecule has 3 amide bonds. The summed E-state index contributed by atoms with van der Waals surface area (Å²) in [5.41, 5.74) is 6.61. The molecule has 0 aliphatic carbocycles. The molecule has 3 rings (SSSR count). The van der Waals surface area contributed by atoms with Crippen molar-refractivity contribution in [3.8, 4) is 5.75 Å². The number of benzene rings is 2. The van der Waals surface area contributed by atoms with Crippen LogP contribution < -0.4 is 26.2 Å². The van der Waals surface area contributed by atoms with Crippen LogP contribution in [-0.2, 0) is 11.2 Å². The molecule has 4 N–H and O–H groups in total. The number of hydrogen-bond acceptors (Lipinski definition) is 4. The SMILES string of the molecule is COc1ccc(C(Cc2ccc(F)cc2)NC(=O)C2NNC(=O)N2)cc1. The molecule has 1 aliphatic heterocycles. The van der Waals surface area contributed by atoms with E-state index in [1.165, 1.54) is 12.1 Å². The first-order valence-electron chi connectivity index (χ1n) is 8.06. The maximum atomic E-state index is 13.1. The third-order valence-corrected chi connectivity index (χ3v) is 4.06. The van der Waals surface area contributed by atoms with Crippen molar-refractivity contribution in [2.24, 2.45) is 0 Å². The zero-order valence-electron chi connectivity index (χ0n) is 14.1. The van der Waals surface area contributed by atoms with E-state index in [0.717, 1.165) is 11.1 Å². The van der Waals surface area contributed by atoms with Crippen LogP contribution in [0.25, 0.3) is 0 Å². The molecule has 0 bridgehead atoms. The molecule has 136 valence electrons.